The third-order valence-corrected chi connectivity index (χ3v) is 7.37. The Kier molecular flexibility index (Phi) is 11.4. The predicted octanol–water partition coefficient (Wildman–Crippen LogP) is 2.25. The van der Waals surface area contributed by atoms with E-state index in [2.05, 4.69) is 16.0 Å². The molecule has 1 aromatic carbocycles. The topological polar surface area (TPSA) is 120 Å². The molecule has 3 amide bonds. The molecule has 0 saturated carbocycles. The molecule has 37 heavy (non-hydrogen) atoms. The fourth-order valence-electron chi connectivity index (χ4n) is 4.65. The minimum Gasteiger partial charge on any atom is -0.487 e. The Morgan fingerprint density at radius 1 is 1.08 bits per heavy atom. The molecule has 7 atom stereocenters. The molecule has 2 aliphatic heterocycles. The number of aliphatic hydroxyl groups is 1. The number of likely N-dealkylation sites (N-methyl/N-ethyl adjacent to an activating group) is 1. The fourth-order valence-corrected chi connectivity index (χ4v) is 4.65. The molecule has 2 heterocycles. The van der Waals surface area contributed by atoms with Crippen LogP contribution in [0.15, 0.2) is 24.3 Å². The number of hydrogen-bond donors (Lipinski definition) is 4. The highest BCUT2D eigenvalue weighted by atomic mass is 16.5. The van der Waals surface area contributed by atoms with Crippen molar-refractivity contribution in [3.8, 4) is 5.75 Å². The summed E-state index contributed by atoms with van der Waals surface area (Å²) in [5, 5.41) is 19.2. The van der Waals surface area contributed by atoms with Crippen LogP contribution >= 0.6 is 0 Å². The number of fused-ring (bicyclic) bond motifs is 11. The van der Waals surface area contributed by atoms with Crippen LogP contribution in [0, 0.1) is 17.8 Å². The van der Waals surface area contributed by atoms with Gasteiger partial charge in [-0.3, -0.25) is 19.3 Å². The average Bonchev–Trinajstić information content (AvgIpc) is 2.86. The predicted molar refractivity (Wildman–Crippen MR) is 144 cm³/mol. The van der Waals surface area contributed by atoms with E-state index in [9.17, 15) is 19.5 Å². The summed E-state index contributed by atoms with van der Waals surface area (Å²) in [6.07, 6.45) is -0.153. The van der Waals surface area contributed by atoms with E-state index in [1.807, 2.05) is 60.5 Å². The van der Waals surface area contributed by atoms with Gasteiger partial charge in [0.15, 0.2) is 0 Å². The standard InChI is InChI=1S/C28H46N4O5/c1-9-17(5)22-26(34)29-15-21(33)19-11-13-20(14-12-19)37-25(16(3)4)23(27(35)30-22)31-28(36)24(32(7)8)18(6)10-2/h11-14,16-18,21-25,33H,9-10,15H2,1-8H3,(H,29,34)(H,30,35)(H,31,36)/t17-,18+,21+,22-,23+,24-,25+/m0/s1. The Morgan fingerprint density at radius 2 is 1.70 bits per heavy atom. The Hall–Kier alpha value is -2.65. The van der Waals surface area contributed by atoms with Crippen molar-refractivity contribution in [2.24, 2.45) is 17.8 Å². The molecule has 0 spiro atoms. The lowest BCUT2D eigenvalue weighted by molar-refractivity contribution is -0.137. The number of amides is 3. The molecule has 3 rings (SSSR count). The van der Waals surface area contributed by atoms with Gasteiger partial charge in [-0.25, -0.2) is 0 Å². The van der Waals surface area contributed by atoms with Gasteiger partial charge in [-0.1, -0.05) is 66.5 Å². The number of hydrogen-bond acceptors (Lipinski definition) is 6. The summed E-state index contributed by atoms with van der Waals surface area (Å²) in [7, 11) is 3.69. The number of nitrogens with one attached hydrogen (secondary N) is 3. The molecule has 4 N–H and O–H groups in total. The second kappa shape index (κ2) is 13.8. The van der Waals surface area contributed by atoms with Crippen LogP contribution in [0.2, 0.25) is 0 Å². The lowest BCUT2D eigenvalue weighted by atomic mass is 9.93. The lowest BCUT2D eigenvalue weighted by Crippen LogP contribution is -2.63. The minimum atomic E-state index is -1.04. The van der Waals surface area contributed by atoms with Crippen LogP contribution in [0.5, 0.6) is 5.75 Å². The first-order chi connectivity index (χ1) is 17.4. The maximum Gasteiger partial charge on any atom is 0.247 e. The van der Waals surface area contributed by atoms with Gasteiger partial charge in [0, 0.05) is 6.54 Å². The highest BCUT2D eigenvalue weighted by molar-refractivity contribution is 5.93. The SMILES string of the molecule is CC[C@@H](C)[C@@H](C(=O)N[C@H]1C(=O)N[C@@H]([C@@H](C)CC)C(=O)NC[C@@H](O)c2ccc(cc2)O[C@@H]1C(C)C)N(C)C. The smallest absolute Gasteiger partial charge is 0.247 e. The second-order valence-electron chi connectivity index (χ2n) is 10.8. The van der Waals surface area contributed by atoms with Crippen molar-refractivity contribution >= 4 is 17.7 Å². The zero-order chi connectivity index (χ0) is 27.9. The Labute approximate surface area is 221 Å². The van der Waals surface area contributed by atoms with Crippen molar-refractivity contribution in [3.63, 3.8) is 0 Å². The number of nitrogens with zero attached hydrogens (tertiary/aromatic N) is 1. The quantitative estimate of drug-likeness (QED) is 0.419. The van der Waals surface area contributed by atoms with E-state index in [1.165, 1.54) is 0 Å². The maximum absolute atomic E-state index is 13.8. The summed E-state index contributed by atoms with van der Waals surface area (Å²) >= 11 is 0. The summed E-state index contributed by atoms with van der Waals surface area (Å²) in [5.74, 6) is -0.863. The highest BCUT2D eigenvalue weighted by Crippen LogP contribution is 2.23. The number of ether oxygens (including phenoxy) is 1. The zero-order valence-corrected chi connectivity index (χ0v) is 23.6. The first kappa shape index (κ1) is 30.6. The van der Waals surface area contributed by atoms with E-state index in [0.717, 1.165) is 6.42 Å². The van der Waals surface area contributed by atoms with Crippen molar-refractivity contribution in [2.45, 2.75) is 84.7 Å². The third kappa shape index (κ3) is 7.92. The molecule has 0 aliphatic carbocycles. The molecular formula is C28H46N4O5. The zero-order valence-electron chi connectivity index (χ0n) is 23.6. The van der Waals surface area contributed by atoms with E-state index in [4.69, 9.17) is 4.74 Å². The lowest BCUT2D eigenvalue weighted by Gasteiger charge is -2.35. The number of aliphatic hydroxyl groups excluding tert-OH is 1. The van der Waals surface area contributed by atoms with E-state index in [-0.39, 0.29) is 36.1 Å². The van der Waals surface area contributed by atoms with Crippen LogP contribution in [0.3, 0.4) is 0 Å². The highest BCUT2D eigenvalue weighted by Gasteiger charge is 2.39. The van der Waals surface area contributed by atoms with Crippen LogP contribution < -0.4 is 20.7 Å². The molecule has 0 saturated heterocycles. The molecule has 9 nitrogen and oxygen atoms in total. The third-order valence-electron chi connectivity index (χ3n) is 7.37. The van der Waals surface area contributed by atoms with Crippen molar-refractivity contribution in [1.82, 2.24) is 20.9 Å². The normalized spacial score (nSPS) is 25.5. The molecule has 9 heteroatoms. The number of carbonyl (C=O) groups excluding carboxylic acids is 3. The first-order valence-corrected chi connectivity index (χ1v) is 13.4. The molecule has 0 unspecified atom stereocenters. The van der Waals surface area contributed by atoms with Crippen molar-refractivity contribution in [3.05, 3.63) is 29.8 Å². The Bertz CT molecular complexity index is 904. The molecule has 1 aromatic rings. The second-order valence-corrected chi connectivity index (χ2v) is 10.8. The van der Waals surface area contributed by atoms with E-state index in [1.54, 1.807) is 24.3 Å². The first-order valence-electron chi connectivity index (χ1n) is 13.4. The minimum absolute atomic E-state index is 0.00997. The van der Waals surface area contributed by atoms with Crippen LogP contribution in [-0.2, 0) is 14.4 Å². The van der Waals surface area contributed by atoms with Gasteiger partial charge >= 0.3 is 0 Å². The summed E-state index contributed by atoms with van der Waals surface area (Å²) < 4.78 is 6.30. The van der Waals surface area contributed by atoms with Gasteiger partial charge in [0.05, 0.1) is 12.1 Å². The summed E-state index contributed by atoms with van der Waals surface area (Å²) in [6, 6.07) is 4.62. The summed E-state index contributed by atoms with van der Waals surface area (Å²) in [5.41, 5.74) is 0.641. The fraction of sp³-hybridized carbons (Fsp3) is 0.679. The molecule has 2 bridgehead atoms. The summed E-state index contributed by atoms with van der Waals surface area (Å²) in [4.78, 5) is 42.3. The molecule has 2 aliphatic rings. The molecule has 208 valence electrons. The van der Waals surface area contributed by atoms with E-state index in [0.29, 0.717) is 17.7 Å². The van der Waals surface area contributed by atoms with Gasteiger partial charge in [0.1, 0.15) is 23.9 Å². The monoisotopic (exact) mass is 518 g/mol. The summed E-state index contributed by atoms with van der Waals surface area (Å²) in [6.45, 7) is 11.7. The maximum atomic E-state index is 13.8. The molecular weight excluding hydrogens is 472 g/mol. The van der Waals surface area contributed by atoms with Crippen LogP contribution in [0.1, 0.15) is 66.1 Å². The van der Waals surface area contributed by atoms with Gasteiger partial charge in [-0.15, -0.1) is 0 Å². The Morgan fingerprint density at radius 3 is 2.22 bits per heavy atom. The van der Waals surface area contributed by atoms with Gasteiger partial charge < -0.3 is 25.8 Å². The molecule has 0 fully saturated rings. The van der Waals surface area contributed by atoms with Gasteiger partial charge in [0.2, 0.25) is 17.7 Å². The van der Waals surface area contributed by atoms with Crippen molar-refractivity contribution < 1.29 is 24.2 Å². The van der Waals surface area contributed by atoms with Crippen LogP contribution in [0.25, 0.3) is 0 Å². The molecule has 0 radical (unpaired) electrons. The van der Waals surface area contributed by atoms with E-state index >= 15 is 0 Å². The van der Waals surface area contributed by atoms with Gasteiger partial charge in [0.25, 0.3) is 0 Å². The van der Waals surface area contributed by atoms with Crippen molar-refractivity contribution in [2.75, 3.05) is 20.6 Å². The van der Waals surface area contributed by atoms with Gasteiger partial charge in [-0.2, -0.15) is 0 Å². The van der Waals surface area contributed by atoms with E-state index < -0.39 is 36.2 Å². The number of carbonyl (C=O) groups is 3. The van der Waals surface area contributed by atoms with Crippen LogP contribution in [0.4, 0.5) is 0 Å². The van der Waals surface area contributed by atoms with Gasteiger partial charge in [-0.05, 0) is 49.5 Å². The van der Waals surface area contributed by atoms with Crippen molar-refractivity contribution in [1.29, 1.82) is 0 Å². The number of benzene rings is 1. The largest absolute Gasteiger partial charge is 0.487 e. The molecule has 0 aromatic heterocycles. The average molecular weight is 519 g/mol. The van der Waals surface area contributed by atoms with Crippen LogP contribution in [-0.4, -0.2) is 72.6 Å². The Balaban J connectivity index is 2.55. The number of rotatable bonds is 8.